The van der Waals surface area contributed by atoms with Gasteiger partial charge in [-0.25, -0.2) is 0 Å². The summed E-state index contributed by atoms with van der Waals surface area (Å²) in [7, 11) is 0. The summed E-state index contributed by atoms with van der Waals surface area (Å²) in [4.78, 5) is 2.65. The highest BCUT2D eigenvalue weighted by molar-refractivity contribution is 4.90. The molecule has 0 spiro atoms. The van der Waals surface area contributed by atoms with Crippen LogP contribution < -0.4 is 5.32 Å². The highest BCUT2D eigenvalue weighted by Gasteiger charge is 2.35. The number of aliphatic hydroxyl groups excluding tert-OH is 1. The molecule has 1 heterocycles. The molecule has 0 aromatic heterocycles. The summed E-state index contributed by atoms with van der Waals surface area (Å²) in [5, 5.41) is 12.8. The van der Waals surface area contributed by atoms with Crippen molar-refractivity contribution in [3.8, 4) is 0 Å². The minimum atomic E-state index is 0.385. The van der Waals surface area contributed by atoms with Gasteiger partial charge in [0.1, 0.15) is 0 Å². The molecule has 18 heavy (non-hydrogen) atoms. The number of nitrogens with one attached hydrogen (secondary N) is 1. The molecule has 1 saturated heterocycles. The Morgan fingerprint density at radius 2 is 1.89 bits per heavy atom. The van der Waals surface area contributed by atoms with Crippen LogP contribution in [0.3, 0.4) is 0 Å². The minimum absolute atomic E-state index is 0.385. The molecule has 3 nitrogen and oxygen atoms in total. The normalized spacial score (nSPS) is 25.7. The Morgan fingerprint density at radius 1 is 1.22 bits per heavy atom. The maximum Gasteiger partial charge on any atom is 0.0460 e. The molecule has 0 radical (unpaired) electrons. The standard InChI is InChI=1S/C15H30N2O/c1-2-16-12-15(7-3-4-8-15)13-17-9-5-14(11-18)6-10-17/h14,16,18H,2-13H2,1H3. The van der Waals surface area contributed by atoms with Gasteiger partial charge in [-0.1, -0.05) is 19.8 Å². The lowest BCUT2D eigenvalue weighted by molar-refractivity contribution is 0.0894. The number of hydrogen-bond donors (Lipinski definition) is 2. The van der Waals surface area contributed by atoms with Gasteiger partial charge in [0.25, 0.3) is 0 Å². The van der Waals surface area contributed by atoms with Gasteiger partial charge in [-0.05, 0) is 56.7 Å². The van der Waals surface area contributed by atoms with Crippen molar-refractivity contribution in [2.24, 2.45) is 11.3 Å². The van der Waals surface area contributed by atoms with Crippen molar-refractivity contribution >= 4 is 0 Å². The van der Waals surface area contributed by atoms with Crippen LogP contribution in [-0.2, 0) is 0 Å². The van der Waals surface area contributed by atoms with Gasteiger partial charge >= 0.3 is 0 Å². The molecule has 106 valence electrons. The molecule has 0 unspecified atom stereocenters. The second-order valence-electron chi connectivity index (χ2n) is 6.39. The average Bonchev–Trinajstić information content (AvgIpc) is 2.86. The van der Waals surface area contributed by atoms with E-state index in [1.54, 1.807) is 0 Å². The average molecular weight is 254 g/mol. The van der Waals surface area contributed by atoms with E-state index in [9.17, 15) is 5.11 Å². The Kier molecular flexibility index (Phi) is 5.46. The Bertz CT molecular complexity index is 231. The van der Waals surface area contributed by atoms with E-state index in [0.29, 0.717) is 17.9 Å². The van der Waals surface area contributed by atoms with Crippen LogP contribution in [0.2, 0.25) is 0 Å². The number of nitrogens with zero attached hydrogens (tertiary/aromatic N) is 1. The fraction of sp³-hybridized carbons (Fsp3) is 1.00. The van der Waals surface area contributed by atoms with Crippen LogP contribution in [0.25, 0.3) is 0 Å². The zero-order chi connectivity index (χ0) is 12.8. The lowest BCUT2D eigenvalue weighted by Gasteiger charge is -2.39. The number of likely N-dealkylation sites (tertiary alicyclic amines) is 1. The second kappa shape index (κ2) is 6.88. The van der Waals surface area contributed by atoms with Crippen molar-refractivity contribution in [2.75, 3.05) is 39.3 Å². The first kappa shape index (κ1) is 14.3. The Morgan fingerprint density at radius 3 is 2.44 bits per heavy atom. The summed E-state index contributed by atoms with van der Waals surface area (Å²) < 4.78 is 0. The Labute approximate surface area is 112 Å². The SMILES string of the molecule is CCNCC1(CN2CCC(CO)CC2)CCCC1. The van der Waals surface area contributed by atoms with Crippen LogP contribution in [-0.4, -0.2) is 49.3 Å². The molecule has 0 aromatic rings. The predicted molar refractivity (Wildman–Crippen MR) is 75.7 cm³/mol. The zero-order valence-electron chi connectivity index (χ0n) is 12.0. The summed E-state index contributed by atoms with van der Waals surface area (Å²) in [5.74, 6) is 0.564. The van der Waals surface area contributed by atoms with Crippen LogP contribution in [0, 0.1) is 11.3 Å². The molecule has 3 heteroatoms. The Balaban J connectivity index is 1.82. The second-order valence-corrected chi connectivity index (χ2v) is 6.39. The molecule has 0 bridgehead atoms. The minimum Gasteiger partial charge on any atom is -0.396 e. The molecule has 2 aliphatic rings. The summed E-state index contributed by atoms with van der Waals surface area (Å²) in [6.45, 7) is 8.54. The smallest absolute Gasteiger partial charge is 0.0460 e. The van der Waals surface area contributed by atoms with Crippen molar-refractivity contribution in [3.63, 3.8) is 0 Å². The number of piperidine rings is 1. The third-order valence-electron chi connectivity index (χ3n) is 4.94. The van der Waals surface area contributed by atoms with Crippen LogP contribution >= 0.6 is 0 Å². The molecule has 1 saturated carbocycles. The van der Waals surface area contributed by atoms with E-state index in [2.05, 4.69) is 17.1 Å². The van der Waals surface area contributed by atoms with Gasteiger partial charge in [-0.2, -0.15) is 0 Å². The first-order chi connectivity index (χ1) is 8.78. The maximum absolute atomic E-state index is 9.20. The van der Waals surface area contributed by atoms with Gasteiger partial charge in [-0.3, -0.25) is 0 Å². The van der Waals surface area contributed by atoms with Gasteiger partial charge in [0, 0.05) is 19.7 Å². The van der Waals surface area contributed by atoms with Gasteiger partial charge in [0.15, 0.2) is 0 Å². The molecular weight excluding hydrogens is 224 g/mol. The van der Waals surface area contributed by atoms with Crippen LogP contribution in [0.1, 0.15) is 45.4 Å². The summed E-state index contributed by atoms with van der Waals surface area (Å²) in [6.07, 6.45) is 8.01. The van der Waals surface area contributed by atoms with Gasteiger partial charge < -0.3 is 15.3 Å². The third-order valence-corrected chi connectivity index (χ3v) is 4.94. The lowest BCUT2D eigenvalue weighted by atomic mass is 9.84. The highest BCUT2D eigenvalue weighted by atomic mass is 16.3. The number of aliphatic hydroxyl groups is 1. The van der Waals surface area contributed by atoms with Gasteiger partial charge in [0.2, 0.25) is 0 Å². The van der Waals surface area contributed by atoms with Crippen molar-refractivity contribution < 1.29 is 5.11 Å². The van der Waals surface area contributed by atoms with E-state index in [-0.39, 0.29) is 0 Å². The first-order valence-electron chi connectivity index (χ1n) is 7.82. The van der Waals surface area contributed by atoms with Crippen LogP contribution in [0.4, 0.5) is 0 Å². The molecule has 0 atom stereocenters. The van der Waals surface area contributed by atoms with E-state index in [1.807, 2.05) is 0 Å². The molecule has 2 N–H and O–H groups in total. The lowest BCUT2D eigenvalue weighted by Crippen LogP contribution is -2.45. The van der Waals surface area contributed by atoms with Crippen molar-refractivity contribution in [3.05, 3.63) is 0 Å². The zero-order valence-corrected chi connectivity index (χ0v) is 12.0. The monoisotopic (exact) mass is 254 g/mol. The molecule has 2 fully saturated rings. The maximum atomic E-state index is 9.20. The molecule has 0 aromatic carbocycles. The van der Waals surface area contributed by atoms with Crippen LogP contribution in [0.15, 0.2) is 0 Å². The molecule has 0 amide bonds. The van der Waals surface area contributed by atoms with Crippen molar-refractivity contribution in [2.45, 2.75) is 45.4 Å². The largest absolute Gasteiger partial charge is 0.396 e. The number of rotatable bonds is 6. The van der Waals surface area contributed by atoms with Crippen molar-refractivity contribution in [1.29, 1.82) is 0 Å². The fourth-order valence-corrected chi connectivity index (χ4v) is 3.71. The van der Waals surface area contributed by atoms with E-state index < -0.39 is 0 Å². The van der Waals surface area contributed by atoms with E-state index >= 15 is 0 Å². The van der Waals surface area contributed by atoms with E-state index in [0.717, 1.165) is 6.54 Å². The molecule has 1 aliphatic heterocycles. The van der Waals surface area contributed by atoms with Gasteiger partial charge in [0.05, 0.1) is 0 Å². The fourth-order valence-electron chi connectivity index (χ4n) is 3.71. The predicted octanol–water partition coefficient (Wildman–Crippen LogP) is 1.86. The Hall–Kier alpha value is -0.120. The molecular formula is C15H30N2O. The first-order valence-corrected chi connectivity index (χ1v) is 7.82. The quantitative estimate of drug-likeness (QED) is 0.759. The summed E-state index contributed by atoms with van der Waals surface area (Å²) in [6, 6.07) is 0. The summed E-state index contributed by atoms with van der Waals surface area (Å²) in [5.41, 5.74) is 0.544. The number of hydrogen-bond acceptors (Lipinski definition) is 3. The third kappa shape index (κ3) is 3.69. The highest BCUT2D eigenvalue weighted by Crippen LogP contribution is 2.39. The topological polar surface area (TPSA) is 35.5 Å². The molecule has 2 rings (SSSR count). The van der Waals surface area contributed by atoms with E-state index in [4.69, 9.17) is 0 Å². The summed E-state index contributed by atoms with van der Waals surface area (Å²) >= 11 is 0. The van der Waals surface area contributed by atoms with Crippen LogP contribution in [0.5, 0.6) is 0 Å². The molecule has 1 aliphatic carbocycles. The van der Waals surface area contributed by atoms with Crippen molar-refractivity contribution in [1.82, 2.24) is 10.2 Å². The van der Waals surface area contributed by atoms with Gasteiger partial charge in [-0.15, -0.1) is 0 Å². The van der Waals surface area contributed by atoms with E-state index in [1.165, 1.54) is 64.7 Å².